The van der Waals surface area contributed by atoms with E-state index in [0.717, 1.165) is 32.1 Å². The Labute approximate surface area is 113 Å². The number of rotatable bonds is 2. The molecule has 0 radical (unpaired) electrons. The number of nitrogens with zero attached hydrogens (tertiary/aromatic N) is 2. The number of carbonyl (C=O) groups excluding carboxylic acids is 1. The first-order chi connectivity index (χ1) is 9.04. The molecule has 0 aromatic carbocycles. The van der Waals surface area contributed by atoms with Crippen molar-refractivity contribution in [3.05, 3.63) is 0 Å². The Morgan fingerprint density at radius 2 is 2.37 bits per heavy atom. The Balaban J connectivity index is 1.86. The Morgan fingerprint density at radius 1 is 1.58 bits per heavy atom. The first-order valence-corrected chi connectivity index (χ1v) is 6.87. The van der Waals surface area contributed by atoms with Gasteiger partial charge in [-0.3, -0.25) is 15.2 Å². The van der Waals surface area contributed by atoms with E-state index in [-0.39, 0.29) is 12.0 Å². The minimum absolute atomic E-state index is 0.248. The molecule has 0 spiro atoms. The summed E-state index contributed by atoms with van der Waals surface area (Å²) in [4.78, 5) is 10.9. The normalized spacial score (nSPS) is 27.6. The molecular weight excluding hydrogens is 244 g/mol. The third-order valence-electron chi connectivity index (χ3n) is 3.63. The van der Waals surface area contributed by atoms with Crippen LogP contribution in [0.15, 0.2) is 5.10 Å². The topological polar surface area (TPSA) is 77.8 Å². The summed E-state index contributed by atoms with van der Waals surface area (Å²) in [7, 11) is 1.91. The van der Waals surface area contributed by atoms with Crippen molar-refractivity contribution in [3.63, 3.8) is 0 Å². The number of carbonyl (C=O) groups is 1. The number of ether oxygens (including phenoxy) is 1. The molecule has 19 heavy (non-hydrogen) atoms. The number of amidine groups is 1. The van der Waals surface area contributed by atoms with Crippen molar-refractivity contribution in [1.29, 1.82) is 5.41 Å². The average Bonchev–Trinajstić information content (AvgIpc) is 2.52. The van der Waals surface area contributed by atoms with Crippen LogP contribution in [0.4, 0.5) is 0 Å². The highest BCUT2D eigenvalue weighted by atomic mass is 16.5. The molecule has 6 heteroatoms. The molecule has 0 bridgehead atoms. The summed E-state index contributed by atoms with van der Waals surface area (Å²) in [5.41, 5.74) is 0. The molecule has 2 rings (SSSR count). The van der Waals surface area contributed by atoms with Crippen molar-refractivity contribution in [2.75, 3.05) is 7.05 Å². The Morgan fingerprint density at radius 3 is 3.11 bits per heavy atom. The molecule has 2 heterocycles. The fraction of sp³-hybridized carbons (Fsp3) is 0.769. The van der Waals surface area contributed by atoms with Crippen molar-refractivity contribution in [2.45, 2.75) is 57.5 Å². The van der Waals surface area contributed by atoms with Crippen LogP contribution in [0.2, 0.25) is 0 Å². The van der Waals surface area contributed by atoms with E-state index in [0.29, 0.717) is 24.2 Å². The molecule has 106 valence electrons. The average molecular weight is 266 g/mol. The molecule has 0 aliphatic carbocycles. The first kappa shape index (κ1) is 13.8. The van der Waals surface area contributed by atoms with Gasteiger partial charge in [-0.05, 0) is 19.3 Å². The van der Waals surface area contributed by atoms with Crippen LogP contribution < -0.4 is 5.32 Å². The van der Waals surface area contributed by atoms with Crippen LogP contribution in [0.1, 0.15) is 45.4 Å². The van der Waals surface area contributed by atoms with Gasteiger partial charge in [0.1, 0.15) is 0 Å². The van der Waals surface area contributed by atoms with Gasteiger partial charge in [-0.25, -0.2) is 0 Å². The minimum Gasteiger partial charge on any atom is -0.410 e. The van der Waals surface area contributed by atoms with Gasteiger partial charge in [0.2, 0.25) is 5.90 Å². The lowest BCUT2D eigenvalue weighted by Crippen LogP contribution is -2.38. The molecule has 0 aromatic heterocycles. The highest BCUT2D eigenvalue weighted by molar-refractivity contribution is 5.88. The highest BCUT2D eigenvalue weighted by Crippen LogP contribution is 2.22. The lowest BCUT2D eigenvalue weighted by atomic mass is 10.0. The molecule has 1 saturated heterocycles. The molecule has 6 nitrogen and oxygen atoms in total. The highest BCUT2D eigenvalue weighted by Gasteiger charge is 2.29. The molecule has 1 fully saturated rings. The maximum absolute atomic E-state index is 10.9. The molecule has 2 atom stereocenters. The lowest BCUT2D eigenvalue weighted by Gasteiger charge is -2.24. The SMILES string of the molecule is CC(=O)OC1=NN(C)C(CC2CCCCC(=N)N2)C1. The van der Waals surface area contributed by atoms with Crippen LogP contribution in [-0.4, -0.2) is 41.8 Å². The smallest absolute Gasteiger partial charge is 0.309 e. The van der Waals surface area contributed by atoms with Crippen molar-refractivity contribution >= 4 is 17.7 Å². The third kappa shape index (κ3) is 3.94. The number of esters is 1. The van der Waals surface area contributed by atoms with E-state index in [2.05, 4.69) is 10.4 Å². The van der Waals surface area contributed by atoms with Crippen molar-refractivity contribution < 1.29 is 9.53 Å². The van der Waals surface area contributed by atoms with E-state index < -0.39 is 0 Å². The molecule has 2 N–H and O–H groups in total. The molecule has 0 saturated carbocycles. The first-order valence-electron chi connectivity index (χ1n) is 6.87. The van der Waals surface area contributed by atoms with E-state index in [1.807, 2.05) is 12.1 Å². The molecule has 2 unspecified atom stereocenters. The summed E-state index contributed by atoms with van der Waals surface area (Å²) in [6, 6.07) is 0.576. The third-order valence-corrected chi connectivity index (χ3v) is 3.63. The molecule has 2 aliphatic rings. The summed E-state index contributed by atoms with van der Waals surface area (Å²) in [5, 5.41) is 17.2. The summed E-state index contributed by atoms with van der Waals surface area (Å²) >= 11 is 0. The van der Waals surface area contributed by atoms with E-state index in [9.17, 15) is 4.79 Å². The van der Waals surface area contributed by atoms with E-state index in [1.165, 1.54) is 6.92 Å². The second kappa shape index (κ2) is 6.04. The second-order valence-corrected chi connectivity index (χ2v) is 5.32. The maximum atomic E-state index is 10.9. The van der Waals surface area contributed by atoms with Gasteiger partial charge in [-0.2, -0.15) is 0 Å². The Kier molecular flexibility index (Phi) is 4.39. The van der Waals surface area contributed by atoms with Crippen LogP contribution in [0.25, 0.3) is 0 Å². The molecule has 0 amide bonds. The largest absolute Gasteiger partial charge is 0.410 e. The Hall–Kier alpha value is -1.59. The van der Waals surface area contributed by atoms with Crippen LogP contribution in [0.5, 0.6) is 0 Å². The second-order valence-electron chi connectivity index (χ2n) is 5.32. The number of hydrazone groups is 1. The van der Waals surface area contributed by atoms with Gasteiger partial charge in [-0.15, -0.1) is 5.10 Å². The summed E-state index contributed by atoms with van der Waals surface area (Å²) < 4.78 is 5.05. The van der Waals surface area contributed by atoms with Gasteiger partial charge in [0.05, 0.1) is 11.9 Å². The zero-order valence-electron chi connectivity index (χ0n) is 11.6. The van der Waals surface area contributed by atoms with Crippen molar-refractivity contribution in [3.8, 4) is 0 Å². The van der Waals surface area contributed by atoms with Crippen molar-refractivity contribution in [2.24, 2.45) is 5.10 Å². The number of nitrogens with one attached hydrogen (secondary N) is 2. The standard InChI is InChI=1S/C13H22N4O2/c1-9(18)19-13-8-11(17(2)16-13)7-10-5-3-4-6-12(14)15-10/h10-11H,3-8H2,1-2H3,(H2,14,15). The quantitative estimate of drug-likeness (QED) is 0.742. The summed E-state index contributed by atoms with van der Waals surface area (Å²) in [5.74, 6) is 0.829. The molecule has 2 aliphatic heterocycles. The number of hydrogen-bond acceptors (Lipinski definition) is 5. The predicted molar refractivity (Wildman–Crippen MR) is 73.1 cm³/mol. The van der Waals surface area contributed by atoms with Gasteiger partial charge in [0, 0.05) is 32.9 Å². The van der Waals surface area contributed by atoms with Gasteiger partial charge in [-0.1, -0.05) is 6.42 Å². The van der Waals surface area contributed by atoms with Gasteiger partial charge >= 0.3 is 5.97 Å². The zero-order chi connectivity index (χ0) is 13.8. The van der Waals surface area contributed by atoms with E-state index in [4.69, 9.17) is 10.1 Å². The van der Waals surface area contributed by atoms with Gasteiger partial charge in [0.25, 0.3) is 0 Å². The summed E-state index contributed by atoms with van der Waals surface area (Å²) in [6.45, 7) is 1.39. The Bertz CT molecular complexity index is 394. The zero-order valence-corrected chi connectivity index (χ0v) is 11.6. The van der Waals surface area contributed by atoms with Gasteiger partial charge in [0.15, 0.2) is 0 Å². The molecule has 0 aromatic rings. The van der Waals surface area contributed by atoms with Gasteiger partial charge < -0.3 is 10.1 Å². The lowest BCUT2D eigenvalue weighted by molar-refractivity contribution is -0.133. The van der Waals surface area contributed by atoms with Crippen LogP contribution >= 0.6 is 0 Å². The fourth-order valence-electron chi connectivity index (χ4n) is 2.68. The van der Waals surface area contributed by atoms with Crippen molar-refractivity contribution in [1.82, 2.24) is 10.3 Å². The molecular formula is C13H22N4O2. The van der Waals surface area contributed by atoms with Crippen LogP contribution in [-0.2, 0) is 9.53 Å². The predicted octanol–water partition coefficient (Wildman–Crippen LogP) is 1.47. The van der Waals surface area contributed by atoms with Crippen LogP contribution in [0.3, 0.4) is 0 Å². The van der Waals surface area contributed by atoms with E-state index in [1.54, 1.807) is 0 Å². The van der Waals surface area contributed by atoms with E-state index >= 15 is 0 Å². The minimum atomic E-state index is -0.317. The monoisotopic (exact) mass is 266 g/mol. The maximum Gasteiger partial charge on any atom is 0.309 e. The van der Waals surface area contributed by atoms with Crippen LogP contribution in [0, 0.1) is 5.41 Å². The number of hydrogen-bond donors (Lipinski definition) is 2. The fourth-order valence-corrected chi connectivity index (χ4v) is 2.68. The summed E-state index contributed by atoms with van der Waals surface area (Å²) in [6.07, 6.45) is 5.79.